The molecule has 1 aliphatic rings. The number of rotatable bonds is 4. The first kappa shape index (κ1) is 23.7. The summed E-state index contributed by atoms with van der Waals surface area (Å²) in [6.45, 7) is 4.14. The fraction of sp³-hybridized carbons (Fsp3) is 0.250. The maximum Gasteiger partial charge on any atom is 0.341 e. The average molecular weight is 549 g/mol. The maximum absolute atomic E-state index is 13.7. The molecule has 0 spiro atoms. The van der Waals surface area contributed by atoms with Crippen LogP contribution in [0.3, 0.4) is 0 Å². The van der Waals surface area contributed by atoms with E-state index in [0.717, 1.165) is 68.3 Å². The van der Waals surface area contributed by atoms with Crippen LogP contribution >= 0.6 is 27.3 Å². The number of pyridine rings is 1. The molecule has 2 heterocycles. The fourth-order valence-corrected chi connectivity index (χ4v) is 6.21. The first-order valence-corrected chi connectivity index (χ1v) is 13.2. The van der Waals surface area contributed by atoms with Crippen molar-refractivity contribution in [1.29, 1.82) is 0 Å². The topological polar surface area (TPSA) is 68.3 Å². The van der Waals surface area contributed by atoms with Crippen molar-refractivity contribution >= 4 is 55.0 Å². The summed E-state index contributed by atoms with van der Waals surface area (Å²) in [6.07, 6.45) is 3.86. The minimum atomic E-state index is -0.405. The molecule has 1 aliphatic carbocycles. The Morgan fingerprint density at radius 1 is 1.03 bits per heavy atom. The zero-order valence-corrected chi connectivity index (χ0v) is 22.2. The number of thiophene rings is 1. The third-order valence-corrected chi connectivity index (χ3v) is 8.31. The molecule has 2 aromatic carbocycles. The van der Waals surface area contributed by atoms with Crippen molar-refractivity contribution < 1.29 is 14.3 Å². The van der Waals surface area contributed by atoms with Crippen LogP contribution in [-0.2, 0) is 17.6 Å². The Morgan fingerprint density at radius 2 is 1.83 bits per heavy atom. The summed E-state index contributed by atoms with van der Waals surface area (Å²) in [5.74, 6) is -0.679. The summed E-state index contributed by atoms with van der Waals surface area (Å²) in [5, 5.41) is 4.34. The highest BCUT2D eigenvalue weighted by atomic mass is 79.9. The second kappa shape index (κ2) is 9.55. The van der Waals surface area contributed by atoms with Crippen LogP contribution < -0.4 is 5.32 Å². The number of aryl methyl sites for hydroxylation is 3. The molecule has 1 amide bonds. The summed E-state index contributed by atoms with van der Waals surface area (Å²) < 4.78 is 5.94. The zero-order chi connectivity index (χ0) is 24.7. The minimum absolute atomic E-state index is 0.274. The predicted molar refractivity (Wildman–Crippen MR) is 145 cm³/mol. The molecule has 0 aliphatic heterocycles. The number of benzene rings is 2. The van der Waals surface area contributed by atoms with Gasteiger partial charge in [0.15, 0.2) is 0 Å². The molecule has 1 N–H and O–H groups in total. The fourth-order valence-electron chi connectivity index (χ4n) is 4.58. The third-order valence-electron chi connectivity index (χ3n) is 6.61. The van der Waals surface area contributed by atoms with E-state index in [1.165, 1.54) is 24.0 Å². The molecular formula is C28H25BrN2O3S. The number of hydrogen-bond donors (Lipinski definition) is 1. The van der Waals surface area contributed by atoms with E-state index >= 15 is 0 Å². The van der Waals surface area contributed by atoms with Crippen LogP contribution in [0.15, 0.2) is 46.9 Å². The maximum atomic E-state index is 13.7. The number of esters is 1. The summed E-state index contributed by atoms with van der Waals surface area (Å²) >= 11 is 5.01. The smallest absolute Gasteiger partial charge is 0.341 e. The Morgan fingerprint density at radius 3 is 2.60 bits per heavy atom. The lowest BCUT2D eigenvalue weighted by molar-refractivity contribution is 0.0601. The van der Waals surface area contributed by atoms with Crippen molar-refractivity contribution in [2.45, 2.75) is 39.5 Å². The van der Waals surface area contributed by atoms with E-state index in [1.807, 2.05) is 30.3 Å². The Kier molecular flexibility index (Phi) is 6.47. The Labute approximate surface area is 216 Å². The van der Waals surface area contributed by atoms with Crippen LogP contribution in [0, 0.1) is 13.8 Å². The van der Waals surface area contributed by atoms with Crippen LogP contribution in [0.2, 0.25) is 0 Å². The van der Waals surface area contributed by atoms with Gasteiger partial charge in [0.2, 0.25) is 0 Å². The van der Waals surface area contributed by atoms with E-state index in [1.54, 1.807) is 0 Å². The van der Waals surface area contributed by atoms with Gasteiger partial charge in [-0.05, 0) is 86.6 Å². The van der Waals surface area contributed by atoms with E-state index in [-0.39, 0.29) is 5.91 Å². The van der Waals surface area contributed by atoms with E-state index in [9.17, 15) is 9.59 Å². The molecule has 2 aromatic heterocycles. The van der Waals surface area contributed by atoms with Gasteiger partial charge < -0.3 is 10.1 Å². The van der Waals surface area contributed by atoms with Crippen molar-refractivity contribution in [3.8, 4) is 11.3 Å². The number of ether oxygens (including phenoxy) is 1. The molecule has 0 radical (unpaired) electrons. The van der Waals surface area contributed by atoms with Gasteiger partial charge >= 0.3 is 5.97 Å². The zero-order valence-electron chi connectivity index (χ0n) is 19.8. The first-order valence-electron chi connectivity index (χ1n) is 11.6. The third kappa shape index (κ3) is 4.50. The lowest BCUT2D eigenvalue weighted by Crippen LogP contribution is -2.16. The van der Waals surface area contributed by atoms with Crippen molar-refractivity contribution in [3.05, 3.63) is 79.6 Å². The molecule has 0 saturated heterocycles. The summed E-state index contributed by atoms with van der Waals surface area (Å²) in [4.78, 5) is 32.4. The molecule has 5 nitrogen and oxygen atoms in total. The minimum Gasteiger partial charge on any atom is -0.465 e. The van der Waals surface area contributed by atoms with Gasteiger partial charge in [-0.2, -0.15) is 0 Å². The van der Waals surface area contributed by atoms with E-state index in [4.69, 9.17) is 9.72 Å². The predicted octanol–water partition coefficient (Wildman–Crippen LogP) is 7.26. The Balaban J connectivity index is 1.62. The number of nitrogens with one attached hydrogen (secondary N) is 1. The van der Waals surface area contributed by atoms with Crippen LogP contribution in [0.25, 0.3) is 22.2 Å². The second-order valence-electron chi connectivity index (χ2n) is 8.88. The Hall–Kier alpha value is -3.03. The van der Waals surface area contributed by atoms with Crippen LogP contribution in [0.4, 0.5) is 5.00 Å². The molecule has 178 valence electrons. The monoisotopic (exact) mass is 548 g/mol. The van der Waals surface area contributed by atoms with Crippen molar-refractivity contribution in [1.82, 2.24) is 4.98 Å². The molecule has 0 bridgehead atoms. The van der Waals surface area contributed by atoms with E-state index in [2.05, 4.69) is 47.2 Å². The average Bonchev–Trinajstić information content (AvgIpc) is 3.22. The quantitative estimate of drug-likeness (QED) is 0.272. The highest BCUT2D eigenvalue weighted by Crippen LogP contribution is 2.39. The molecule has 7 heteroatoms. The largest absolute Gasteiger partial charge is 0.465 e. The number of aromatic nitrogens is 1. The highest BCUT2D eigenvalue weighted by molar-refractivity contribution is 9.10. The van der Waals surface area contributed by atoms with Crippen LogP contribution in [0.5, 0.6) is 0 Å². The Bertz CT molecular complexity index is 1490. The van der Waals surface area contributed by atoms with Crippen molar-refractivity contribution in [2.75, 3.05) is 12.4 Å². The lowest BCUT2D eigenvalue weighted by atomic mass is 9.95. The molecule has 0 saturated carbocycles. The lowest BCUT2D eigenvalue weighted by Gasteiger charge is -2.13. The van der Waals surface area contributed by atoms with Gasteiger partial charge in [0.05, 0.1) is 29.4 Å². The number of hydrogen-bond acceptors (Lipinski definition) is 5. The number of halogens is 1. The molecule has 0 atom stereocenters. The van der Waals surface area contributed by atoms with Crippen molar-refractivity contribution in [2.24, 2.45) is 0 Å². The van der Waals surface area contributed by atoms with Gasteiger partial charge in [0.1, 0.15) is 5.00 Å². The molecule has 5 rings (SSSR count). The van der Waals surface area contributed by atoms with Crippen LogP contribution in [0.1, 0.15) is 55.1 Å². The number of amides is 1. The van der Waals surface area contributed by atoms with Crippen molar-refractivity contribution in [3.63, 3.8) is 0 Å². The van der Waals surface area contributed by atoms with E-state index < -0.39 is 5.97 Å². The number of carbonyl (C=O) groups is 2. The number of anilines is 1. The van der Waals surface area contributed by atoms with E-state index in [0.29, 0.717) is 16.1 Å². The molecular weight excluding hydrogens is 524 g/mol. The first-order chi connectivity index (χ1) is 16.9. The van der Waals surface area contributed by atoms with Gasteiger partial charge in [-0.15, -0.1) is 11.3 Å². The number of methoxy groups -OCH3 is 1. The molecule has 35 heavy (non-hydrogen) atoms. The molecule has 0 fully saturated rings. The van der Waals surface area contributed by atoms with Gasteiger partial charge in [-0.1, -0.05) is 28.1 Å². The highest BCUT2D eigenvalue weighted by Gasteiger charge is 2.27. The second-order valence-corrected chi connectivity index (χ2v) is 10.9. The molecule has 4 aromatic rings. The molecule has 0 unspecified atom stereocenters. The summed E-state index contributed by atoms with van der Waals surface area (Å²) in [5.41, 5.74) is 6.79. The van der Waals surface area contributed by atoms with Gasteiger partial charge in [0.25, 0.3) is 5.91 Å². The standard InChI is InChI=1S/C28H25BrN2O3S/c1-15-8-9-17(12-16(15)2)23-14-21(20-13-18(29)10-11-22(20)30-23)26(32)31-27-25(28(33)34-3)19-6-4-5-7-24(19)35-27/h8-14H,4-7H2,1-3H3,(H,31,32). The van der Waals surface area contributed by atoms with Gasteiger partial charge in [-0.25, -0.2) is 9.78 Å². The number of fused-ring (bicyclic) bond motifs is 2. The SMILES string of the molecule is COC(=O)c1c(NC(=O)c2cc(-c3ccc(C)c(C)c3)nc3ccc(Br)cc23)sc2c1CCCC2. The number of carbonyl (C=O) groups excluding carboxylic acids is 2. The van der Waals surface area contributed by atoms with Gasteiger partial charge in [-0.3, -0.25) is 4.79 Å². The normalized spacial score (nSPS) is 12.9. The summed E-state index contributed by atoms with van der Waals surface area (Å²) in [7, 11) is 1.38. The van der Waals surface area contributed by atoms with Crippen LogP contribution in [-0.4, -0.2) is 24.0 Å². The van der Waals surface area contributed by atoms with Gasteiger partial charge in [0, 0.05) is 20.3 Å². The number of nitrogens with zero attached hydrogens (tertiary/aromatic N) is 1. The summed E-state index contributed by atoms with van der Waals surface area (Å²) in [6, 6.07) is 13.7.